The second kappa shape index (κ2) is 5.23. The molecule has 1 atom stereocenters. The van der Waals surface area contributed by atoms with Gasteiger partial charge in [0.05, 0.1) is 15.9 Å². The molecule has 0 aliphatic heterocycles. The van der Waals surface area contributed by atoms with Crippen LogP contribution in [-0.2, 0) is 6.42 Å². The average Bonchev–Trinajstić information content (AvgIpc) is 2.64. The van der Waals surface area contributed by atoms with Crippen molar-refractivity contribution < 1.29 is 4.79 Å². The van der Waals surface area contributed by atoms with E-state index in [-0.39, 0.29) is 11.9 Å². The van der Waals surface area contributed by atoms with E-state index in [2.05, 4.69) is 5.32 Å². The highest BCUT2D eigenvalue weighted by Gasteiger charge is 2.15. The summed E-state index contributed by atoms with van der Waals surface area (Å²) in [7, 11) is 0. The normalized spacial score (nSPS) is 12.1. The number of hydrogen-bond donors (Lipinski definition) is 2. The molecule has 3 N–H and O–H groups in total. The highest BCUT2D eigenvalue weighted by molar-refractivity contribution is 7.80. The molecule has 0 spiro atoms. The standard InChI is InChI=1S/C10H14N2OS2/c1-3-7-4-5-15-8(7)10(13)12-6(2)9(11)14/h4-6H,3H2,1-2H3,(H2,11,14)(H,12,13). The Morgan fingerprint density at radius 2 is 2.40 bits per heavy atom. The number of rotatable bonds is 4. The molecule has 0 aromatic carbocycles. The largest absolute Gasteiger partial charge is 0.392 e. The van der Waals surface area contributed by atoms with Crippen molar-refractivity contribution in [3.8, 4) is 0 Å². The molecule has 1 unspecified atom stereocenters. The summed E-state index contributed by atoms with van der Waals surface area (Å²) in [6.45, 7) is 3.80. The van der Waals surface area contributed by atoms with Crippen molar-refractivity contribution in [2.24, 2.45) is 5.73 Å². The van der Waals surface area contributed by atoms with Gasteiger partial charge in [-0.15, -0.1) is 11.3 Å². The van der Waals surface area contributed by atoms with E-state index in [1.165, 1.54) is 11.3 Å². The number of aryl methyl sites for hydroxylation is 1. The monoisotopic (exact) mass is 242 g/mol. The van der Waals surface area contributed by atoms with E-state index in [1.54, 1.807) is 6.92 Å². The third-order valence-corrected chi connectivity index (χ3v) is 3.42. The fourth-order valence-electron chi connectivity index (χ4n) is 1.15. The molecule has 0 aliphatic rings. The topological polar surface area (TPSA) is 55.1 Å². The van der Waals surface area contributed by atoms with Gasteiger partial charge in [0.1, 0.15) is 0 Å². The molecule has 15 heavy (non-hydrogen) atoms. The first-order valence-corrected chi connectivity index (χ1v) is 6.01. The number of thiocarbonyl (C=S) groups is 1. The predicted octanol–water partition coefficient (Wildman–Crippen LogP) is 1.71. The molecule has 1 amide bonds. The Labute approximate surface area is 98.7 Å². The van der Waals surface area contributed by atoms with Crippen molar-refractivity contribution in [3.63, 3.8) is 0 Å². The summed E-state index contributed by atoms with van der Waals surface area (Å²) in [4.78, 5) is 12.8. The summed E-state index contributed by atoms with van der Waals surface area (Å²) in [6.07, 6.45) is 0.855. The van der Waals surface area contributed by atoms with Crippen molar-refractivity contribution in [1.29, 1.82) is 0 Å². The van der Waals surface area contributed by atoms with Gasteiger partial charge >= 0.3 is 0 Å². The Morgan fingerprint density at radius 1 is 1.73 bits per heavy atom. The summed E-state index contributed by atoms with van der Waals surface area (Å²) < 4.78 is 0. The van der Waals surface area contributed by atoms with Crippen molar-refractivity contribution >= 4 is 34.5 Å². The van der Waals surface area contributed by atoms with Gasteiger partial charge in [0.25, 0.3) is 5.91 Å². The van der Waals surface area contributed by atoms with Crippen LogP contribution in [0.15, 0.2) is 11.4 Å². The number of hydrogen-bond acceptors (Lipinski definition) is 3. The Bertz CT molecular complexity index is 373. The number of carbonyl (C=O) groups excluding carboxylic acids is 1. The Kier molecular flexibility index (Phi) is 4.23. The highest BCUT2D eigenvalue weighted by atomic mass is 32.1. The minimum absolute atomic E-state index is 0.0952. The van der Waals surface area contributed by atoms with Gasteiger partial charge in [0.2, 0.25) is 0 Å². The van der Waals surface area contributed by atoms with E-state index in [0.717, 1.165) is 16.9 Å². The fraction of sp³-hybridized carbons (Fsp3) is 0.400. The van der Waals surface area contributed by atoms with Crippen LogP contribution in [0.4, 0.5) is 0 Å². The van der Waals surface area contributed by atoms with Crippen LogP contribution < -0.4 is 11.1 Å². The molecule has 3 nitrogen and oxygen atoms in total. The van der Waals surface area contributed by atoms with Crippen LogP contribution in [0, 0.1) is 0 Å². The highest BCUT2D eigenvalue weighted by Crippen LogP contribution is 2.17. The molecule has 0 bridgehead atoms. The first-order valence-electron chi connectivity index (χ1n) is 4.72. The van der Waals surface area contributed by atoms with Crippen LogP contribution >= 0.6 is 23.6 Å². The van der Waals surface area contributed by atoms with Crippen LogP contribution in [-0.4, -0.2) is 16.9 Å². The number of amides is 1. The van der Waals surface area contributed by atoms with Gasteiger partial charge in [-0.05, 0) is 30.4 Å². The van der Waals surface area contributed by atoms with Gasteiger partial charge in [-0.3, -0.25) is 4.79 Å². The van der Waals surface area contributed by atoms with Gasteiger partial charge in [-0.2, -0.15) is 0 Å². The molecule has 0 saturated heterocycles. The second-order valence-corrected chi connectivity index (χ2v) is 4.61. The lowest BCUT2D eigenvalue weighted by atomic mass is 10.2. The van der Waals surface area contributed by atoms with E-state index in [1.807, 2.05) is 18.4 Å². The zero-order valence-corrected chi connectivity index (χ0v) is 10.4. The number of thiophene rings is 1. The third kappa shape index (κ3) is 3.00. The van der Waals surface area contributed by atoms with E-state index < -0.39 is 0 Å². The fourth-order valence-corrected chi connectivity index (χ4v) is 2.10. The van der Waals surface area contributed by atoms with Crippen molar-refractivity contribution in [2.75, 3.05) is 0 Å². The lowest BCUT2D eigenvalue weighted by molar-refractivity contribution is 0.0952. The molecule has 0 radical (unpaired) electrons. The second-order valence-electron chi connectivity index (χ2n) is 3.23. The average molecular weight is 242 g/mol. The van der Waals surface area contributed by atoms with Gasteiger partial charge in [-0.25, -0.2) is 0 Å². The Morgan fingerprint density at radius 3 is 2.93 bits per heavy atom. The Hall–Kier alpha value is -0.940. The van der Waals surface area contributed by atoms with Crippen LogP contribution in [0.25, 0.3) is 0 Å². The number of carbonyl (C=O) groups is 1. The quantitative estimate of drug-likeness (QED) is 0.790. The Balaban J connectivity index is 2.73. The lowest BCUT2D eigenvalue weighted by Gasteiger charge is -2.11. The number of nitrogens with one attached hydrogen (secondary N) is 1. The van der Waals surface area contributed by atoms with Gasteiger partial charge in [0, 0.05) is 0 Å². The van der Waals surface area contributed by atoms with E-state index >= 15 is 0 Å². The summed E-state index contributed by atoms with van der Waals surface area (Å²) in [5.74, 6) is -0.0952. The summed E-state index contributed by atoms with van der Waals surface area (Å²) in [6, 6.07) is 1.70. The lowest BCUT2D eigenvalue weighted by Crippen LogP contribution is -2.41. The summed E-state index contributed by atoms with van der Waals surface area (Å²) in [5.41, 5.74) is 6.49. The van der Waals surface area contributed by atoms with Crippen molar-refractivity contribution in [2.45, 2.75) is 26.3 Å². The molecule has 1 aromatic rings. The minimum atomic E-state index is -0.265. The molecule has 0 saturated carbocycles. The third-order valence-electron chi connectivity index (χ3n) is 2.11. The maximum Gasteiger partial charge on any atom is 0.262 e. The van der Waals surface area contributed by atoms with Crippen LogP contribution in [0.5, 0.6) is 0 Å². The molecular formula is C10H14N2OS2. The smallest absolute Gasteiger partial charge is 0.262 e. The molecule has 0 aliphatic carbocycles. The maximum atomic E-state index is 11.8. The van der Waals surface area contributed by atoms with E-state index in [4.69, 9.17) is 18.0 Å². The first-order chi connectivity index (χ1) is 7.06. The van der Waals surface area contributed by atoms with Crippen LogP contribution in [0.3, 0.4) is 0 Å². The van der Waals surface area contributed by atoms with Gasteiger partial charge in [0.15, 0.2) is 0 Å². The molecule has 1 aromatic heterocycles. The van der Waals surface area contributed by atoms with Gasteiger partial charge in [-0.1, -0.05) is 19.1 Å². The number of nitrogens with two attached hydrogens (primary N) is 1. The van der Waals surface area contributed by atoms with Crippen LogP contribution in [0.2, 0.25) is 0 Å². The maximum absolute atomic E-state index is 11.8. The minimum Gasteiger partial charge on any atom is -0.392 e. The zero-order valence-electron chi connectivity index (χ0n) is 8.74. The van der Waals surface area contributed by atoms with Gasteiger partial charge < -0.3 is 11.1 Å². The van der Waals surface area contributed by atoms with E-state index in [0.29, 0.717) is 4.99 Å². The molecule has 82 valence electrons. The molecule has 1 rings (SSSR count). The molecule has 0 fully saturated rings. The first kappa shape index (κ1) is 12.1. The van der Waals surface area contributed by atoms with Crippen LogP contribution in [0.1, 0.15) is 29.1 Å². The van der Waals surface area contributed by atoms with Crippen molar-refractivity contribution in [1.82, 2.24) is 5.32 Å². The van der Waals surface area contributed by atoms with Crippen molar-refractivity contribution in [3.05, 3.63) is 21.9 Å². The predicted molar refractivity (Wildman–Crippen MR) is 67.4 cm³/mol. The molecule has 1 heterocycles. The summed E-state index contributed by atoms with van der Waals surface area (Å²) in [5, 5.41) is 4.68. The molecule has 5 heteroatoms. The molecular weight excluding hydrogens is 228 g/mol. The SMILES string of the molecule is CCc1ccsc1C(=O)NC(C)C(N)=S. The van der Waals surface area contributed by atoms with E-state index in [9.17, 15) is 4.79 Å². The zero-order chi connectivity index (χ0) is 11.4. The summed E-state index contributed by atoms with van der Waals surface area (Å²) >= 11 is 6.23.